The highest BCUT2D eigenvalue weighted by Crippen LogP contribution is 2.33. The molecule has 2 rings (SSSR count). The maximum Gasteiger partial charge on any atom is 0.161 e. The van der Waals surface area contributed by atoms with Crippen molar-refractivity contribution in [3.05, 3.63) is 53.6 Å². The molecule has 0 aliphatic heterocycles. The summed E-state index contributed by atoms with van der Waals surface area (Å²) in [5.41, 5.74) is 1.43. The van der Waals surface area contributed by atoms with Crippen molar-refractivity contribution >= 4 is 6.08 Å². The summed E-state index contributed by atoms with van der Waals surface area (Å²) >= 11 is 0. The second kappa shape index (κ2) is 7.75. The number of phenols is 2. The second-order valence-corrected chi connectivity index (χ2v) is 5.43. The van der Waals surface area contributed by atoms with Gasteiger partial charge in [0.05, 0.1) is 7.11 Å². The summed E-state index contributed by atoms with van der Waals surface area (Å²) in [5.74, 6) is 0.561. The van der Waals surface area contributed by atoms with Crippen LogP contribution in [-0.4, -0.2) is 28.5 Å². The van der Waals surface area contributed by atoms with Crippen LogP contribution in [0.4, 0.5) is 0 Å². The van der Waals surface area contributed by atoms with Gasteiger partial charge in [-0.05, 0) is 49.2 Å². The Balaban J connectivity index is 2.18. The number of rotatable bonds is 6. The maximum absolute atomic E-state index is 10.4. The monoisotopic (exact) mass is 330 g/mol. The highest BCUT2D eigenvalue weighted by molar-refractivity contribution is 5.55. The zero-order valence-corrected chi connectivity index (χ0v) is 13.9. The zero-order valence-electron chi connectivity index (χ0n) is 13.9. The van der Waals surface area contributed by atoms with Crippen molar-refractivity contribution in [2.45, 2.75) is 26.1 Å². The largest absolute Gasteiger partial charge is 0.504 e. The summed E-state index contributed by atoms with van der Waals surface area (Å²) in [5, 5.41) is 29.3. The molecule has 0 fully saturated rings. The first-order chi connectivity index (χ1) is 11.5. The Kier molecular flexibility index (Phi) is 5.71. The van der Waals surface area contributed by atoms with E-state index in [4.69, 9.17) is 9.47 Å². The Hall–Kier alpha value is -2.66. The first-order valence-electron chi connectivity index (χ1n) is 7.63. The molecule has 128 valence electrons. The van der Waals surface area contributed by atoms with Crippen molar-refractivity contribution in [1.29, 1.82) is 0 Å². The van der Waals surface area contributed by atoms with E-state index in [0.717, 1.165) is 5.56 Å². The molecule has 0 spiro atoms. The zero-order chi connectivity index (χ0) is 17.7. The molecule has 5 heteroatoms. The second-order valence-electron chi connectivity index (χ2n) is 5.43. The van der Waals surface area contributed by atoms with Gasteiger partial charge in [-0.15, -0.1) is 0 Å². The Bertz CT molecular complexity index is 724. The third-order valence-electron chi connectivity index (χ3n) is 3.65. The minimum absolute atomic E-state index is 0.235. The standard InChI is InChI=1S/C19H22O5/c1-4-5-13-6-9-17(18(10-13)23-3)24-12(2)19(22)14-7-8-15(20)16(21)11-14/h4-12,19-22H,1-3H3/b5-4+. The molecule has 2 atom stereocenters. The van der Waals surface area contributed by atoms with Crippen molar-refractivity contribution in [2.75, 3.05) is 7.11 Å². The van der Waals surface area contributed by atoms with E-state index in [2.05, 4.69) is 0 Å². The summed E-state index contributed by atoms with van der Waals surface area (Å²) in [7, 11) is 1.56. The molecule has 24 heavy (non-hydrogen) atoms. The molecule has 0 radical (unpaired) electrons. The number of phenolic OH excluding ortho intramolecular Hbond substituents is 2. The summed E-state index contributed by atoms with van der Waals surface area (Å²) in [6, 6.07) is 9.70. The van der Waals surface area contributed by atoms with Crippen LogP contribution in [0.2, 0.25) is 0 Å². The van der Waals surface area contributed by atoms with E-state index in [9.17, 15) is 15.3 Å². The van der Waals surface area contributed by atoms with Crippen LogP contribution < -0.4 is 9.47 Å². The molecule has 0 saturated carbocycles. The summed E-state index contributed by atoms with van der Waals surface area (Å²) in [6.07, 6.45) is 2.31. The molecule has 2 aromatic carbocycles. The minimum Gasteiger partial charge on any atom is -0.504 e. The van der Waals surface area contributed by atoms with Gasteiger partial charge in [0.2, 0.25) is 0 Å². The fraction of sp³-hybridized carbons (Fsp3) is 0.263. The van der Waals surface area contributed by atoms with E-state index in [1.54, 1.807) is 20.1 Å². The number of ether oxygens (including phenoxy) is 2. The molecule has 0 saturated heterocycles. The van der Waals surface area contributed by atoms with E-state index < -0.39 is 12.2 Å². The molecular weight excluding hydrogens is 308 g/mol. The van der Waals surface area contributed by atoms with Crippen LogP contribution in [0.5, 0.6) is 23.0 Å². The van der Waals surface area contributed by atoms with Crippen molar-refractivity contribution in [2.24, 2.45) is 0 Å². The van der Waals surface area contributed by atoms with E-state index in [-0.39, 0.29) is 11.5 Å². The third-order valence-corrected chi connectivity index (χ3v) is 3.65. The lowest BCUT2D eigenvalue weighted by Gasteiger charge is -2.22. The van der Waals surface area contributed by atoms with E-state index in [1.165, 1.54) is 18.2 Å². The molecule has 0 aliphatic carbocycles. The quantitative estimate of drug-likeness (QED) is 0.705. The lowest BCUT2D eigenvalue weighted by Crippen LogP contribution is -2.22. The van der Waals surface area contributed by atoms with Crippen molar-refractivity contribution in [1.82, 2.24) is 0 Å². The van der Waals surface area contributed by atoms with Crippen LogP contribution in [0.1, 0.15) is 31.1 Å². The SMILES string of the molecule is C/C=C/c1ccc(OC(C)C(O)c2ccc(O)c(O)c2)c(OC)c1. The van der Waals surface area contributed by atoms with Crippen LogP contribution >= 0.6 is 0 Å². The maximum atomic E-state index is 10.4. The molecular formula is C19H22O5. The van der Waals surface area contributed by atoms with Gasteiger partial charge in [-0.2, -0.15) is 0 Å². The van der Waals surface area contributed by atoms with Crippen LogP contribution in [0.25, 0.3) is 6.08 Å². The summed E-state index contributed by atoms with van der Waals surface area (Å²) in [4.78, 5) is 0. The van der Waals surface area contributed by atoms with Gasteiger partial charge in [-0.3, -0.25) is 0 Å². The molecule has 2 unspecified atom stereocenters. The first kappa shape index (κ1) is 17.7. The third kappa shape index (κ3) is 4.00. The Morgan fingerprint density at radius 3 is 2.38 bits per heavy atom. The van der Waals surface area contributed by atoms with Gasteiger partial charge in [0.15, 0.2) is 23.0 Å². The fourth-order valence-electron chi connectivity index (χ4n) is 2.34. The predicted molar refractivity (Wildman–Crippen MR) is 92.5 cm³/mol. The molecule has 0 heterocycles. The lowest BCUT2D eigenvalue weighted by atomic mass is 10.0. The van der Waals surface area contributed by atoms with Crippen LogP contribution in [-0.2, 0) is 0 Å². The van der Waals surface area contributed by atoms with Gasteiger partial charge in [-0.1, -0.05) is 24.3 Å². The van der Waals surface area contributed by atoms with Gasteiger partial charge in [0.25, 0.3) is 0 Å². The van der Waals surface area contributed by atoms with Gasteiger partial charge < -0.3 is 24.8 Å². The summed E-state index contributed by atoms with van der Waals surface area (Å²) < 4.78 is 11.2. The highest BCUT2D eigenvalue weighted by Gasteiger charge is 2.20. The molecule has 0 aliphatic rings. The van der Waals surface area contributed by atoms with Gasteiger partial charge in [0.1, 0.15) is 12.2 Å². The fourth-order valence-corrected chi connectivity index (χ4v) is 2.34. The number of aliphatic hydroxyl groups is 1. The molecule has 2 aromatic rings. The number of methoxy groups -OCH3 is 1. The Morgan fingerprint density at radius 2 is 1.75 bits per heavy atom. The topological polar surface area (TPSA) is 79.2 Å². The lowest BCUT2D eigenvalue weighted by molar-refractivity contribution is 0.0450. The van der Waals surface area contributed by atoms with Crippen LogP contribution in [0.15, 0.2) is 42.5 Å². The molecule has 3 N–H and O–H groups in total. The van der Waals surface area contributed by atoms with E-state index in [1.807, 2.05) is 31.2 Å². The van der Waals surface area contributed by atoms with Gasteiger partial charge >= 0.3 is 0 Å². The Morgan fingerprint density at radius 1 is 1.00 bits per heavy atom. The molecule has 0 bridgehead atoms. The van der Waals surface area contributed by atoms with Crippen molar-refractivity contribution < 1.29 is 24.8 Å². The molecule has 0 amide bonds. The highest BCUT2D eigenvalue weighted by atomic mass is 16.5. The van der Waals surface area contributed by atoms with E-state index in [0.29, 0.717) is 17.1 Å². The van der Waals surface area contributed by atoms with Crippen molar-refractivity contribution in [3.63, 3.8) is 0 Å². The van der Waals surface area contributed by atoms with Gasteiger partial charge in [-0.25, -0.2) is 0 Å². The molecule has 0 aromatic heterocycles. The smallest absolute Gasteiger partial charge is 0.161 e. The number of hydrogen-bond donors (Lipinski definition) is 3. The normalized spacial score (nSPS) is 13.7. The molecule has 5 nitrogen and oxygen atoms in total. The number of benzene rings is 2. The average Bonchev–Trinajstić information content (AvgIpc) is 2.58. The predicted octanol–water partition coefficient (Wildman–Crippen LogP) is 3.64. The summed E-state index contributed by atoms with van der Waals surface area (Å²) in [6.45, 7) is 3.65. The average molecular weight is 330 g/mol. The van der Waals surface area contributed by atoms with Crippen molar-refractivity contribution in [3.8, 4) is 23.0 Å². The van der Waals surface area contributed by atoms with Crippen LogP contribution in [0.3, 0.4) is 0 Å². The minimum atomic E-state index is -0.976. The number of aromatic hydroxyl groups is 2. The Labute approximate surface area is 141 Å². The number of allylic oxidation sites excluding steroid dienone is 1. The van der Waals surface area contributed by atoms with E-state index >= 15 is 0 Å². The first-order valence-corrected chi connectivity index (χ1v) is 7.63. The van der Waals surface area contributed by atoms with Crippen LogP contribution in [0, 0.1) is 0 Å². The number of hydrogen-bond acceptors (Lipinski definition) is 5. The number of aliphatic hydroxyl groups excluding tert-OH is 1. The van der Waals surface area contributed by atoms with Gasteiger partial charge in [0, 0.05) is 0 Å².